The normalized spacial score (nSPS) is 14.7. The maximum absolute atomic E-state index is 11.0. The predicted molar refractivity (Wildman–Crippen MR) is 40.6 cm³/mol. The van der Waals surface area contributed by atoms with Gasteiger partial charge in [0.15, 0.2) is 0 Å². The van der Waals surface area contributed by atoms with Gasteiger partial charge in [-0.05, 0) is 13.8 Å². The molecule has 62 valence electrons. The molecule has 0 aliphatic rings. The Morgan fingerprint density at radius 1 is 1.64 bits per heavy atom. The van der Waals surface area contributed by atoms with Gasteiger partial charge in [0.2, 0.25) is 0 Å². The van der Waals surface area contributed by atoms with Crippen molar-refractivity contribution in [2.24, 2.45) is 11.8 Å². The Labute approximate surface area is 67.0 Å². The van der Waals surface area contributed by atoms with Crippen LogP contribution in [0.15, 0.2) is 0 Å². The van der Waals surface area contributed by atoms with Gasteiger partial charge in [-0.25, -0.2) is 0 Å². The number of carbonyl (C=O) groups excluding carboxylic acids is 1. The zero-order valence-electron chi connectivity index (χ0n) is 7.13. The second-order valence-corrected chi connectivity index (χ2v) is 2.46. The van der Waals surface area contributed by atoms with Crippen molar-refractivity contribution in [3.63, 3.8) is 0 Å². The second-order valence-electron chi connectivity index (χ2n) is 2.46. The molecular weight excluding hydrogens is 142 g/mol. The Hall–Kier alpha value is -1.04. The fraction of sp³-hybridized carbons (Fsp3) is 0.750. The third kappa shape index (κ3) is 3.03. The van der Waals surface area contributed by atoms with Gasteiger partial charge in [0.1, 0.15) is 0 Å². The lowest BCUT2D eigenvalue weighted by Gasteiger charge is -2.10. The first kappa shape index (κ1) is 9.96. The molecule has 0 amide bonds. The maximum Gasteiger partial charge on any atom is 0.309 e. The van der Waals surface area contributed by atoms with Crippen LogP contribution in [0.2, 0.25) is 0 Å². The van der Waals surface area contributed by atoms with E-state index in [0.29, 0.717) is 6.61 Å². The molecule has 2 atom stereocenters. The van der Waals surface area contributed by atoms with E-state index in [9.17, 15) is 4.79 Å². The summed E-state index contributed by atoms with van der Waals surface area (Å²) in [5.41, 5.74) is 0. The van der Waals surface area contributed by atoms with Gasteiger partial charge in [-0.15, -0.1) is 0 Å². The average Bonchev–Trinajstić information content (AvgIpc) is 2.02. The van der Waals surface area contributed by atoms with E-state index in [1.165, 1.54) is 0 Å². The van der Waals surface area contributed by atoms with Crippen LogP contribution in [0.4, 0.5) is 0 Å². The minimum atomic E-state index is -0.319. The van der Waals surface area contributed by atoms with Gasteiger partial charge in [0.05, 0.1) is 24.5 Å². The minimum absolute atomic E-state index is 0.269. The van der Waals surface area contributed by atoms with Crippen LogP contribution in [-0.2, 0) is 9.53 Å². The van der Waals surface area contributed by atoms with Gasteiger partial charge < -0.3 is 4.74 Å². The van der Waals surface area contributed by atoms with Crippen molar-refractivity contribution >= 4 is 5.97 Å². The zero-order valence-corrected chi connectivity index (χ0v) is 7.13. The highest BCUT2D eigenvalue weighted by atomic mass is 16.5. The van der Waals surface area contributed by atoms with Crippen molar-refractivity contribution in [2.45, 2.75) is 20.8 Å². The quantitative estimate of drug-likeness (QED) is 0.578. The van der Waals surface area contributed by atoms with E-state index >= 15 is 0 Å². The molecule has 0 aliphatic carbocycles. The summed E-state index contributed by atoms with van der Waals surface area (Å²) in [7, 11) is 0. The molecule has 2 unspecified atom stereocenters. The summed E-state index contributed by atoms with van der Waals surface area (Å²) in [4.78, 5) is 11.0. The fourth-order valence-corrected chi connectivity index (χ4v) is 0.590. The molecular formula is C8H13NO2. The van der Waals surface area contributed by atoms with Crippen molar-refractivity contribution in [3.8, 4) is 6.07 Å². The number of esters is 1. The lowest BCUT2D eigenvalue weighted by Crippen LogP contribution is -2.20. The molecule has 0 aromatic carbocycles. The van der Waals surface area contributed by atoms with E-state index in [2.05, 4.69) is 0 Å². The first-order chi connectivity index (χ1) is 5.13. The second kappa shape index (κ2) is 4.73. The molecule has 0 rings (SSSR count). The van der Waals surface area contributed by atoms with Crippen molar-refractivity contribution < 1.29 is 9.53 Å². The fourth-order valence-electron chi connectivity index (χ4n) is 0.590. The molecule has 3 heteroatoms. The van der Waals surface area contributed by atoms with E-state index in [-0.39, 0.29) is 17.8 Å². The van der Waals surface area contributed by atoms with Gasteiger partial charge in [-0.3, -0.25) is 4.79 Å². The molecule has 0 aromatic heterocycles. The van der Waals surface area contributed by atoms with Gasteiger partial charge in [0, 0.05) is 0 Å². The largest absolute Gasteiger partial charge is 0.466 e. The molecule has 11 heavy (non-hydrogen) atoms. The summed E-state index contributed by atoms with van der Waals surface area (Å²) < 4.78 is 4.74. The monoisotopic (exact) mass is 155 g/mol. The van der Waals surface area contributed by atoms with Crippen LogP contribution in [0.5, 0.6) is 0 Å². The third-order valence-corrected chi connectivity index (χ3v) is 1.61. The van der Waals surface area contributed by atoms with Crippen molar-refractivity contribution in [1.29, 1.82) is 5.26 Å². The number of ether oxygens (including phenoxy) is 1. The highest BCUT2D eigenvalue weighted by molar-refractivity contribution is 5.72. The van der Waals surface area contributed by atoms with Gasteiger partial charge in [-0.2, -0.15) is 5.26 Å². The number of nitrogens with zero attached hydrogens (tertiary/aromatic N) is 1. The summed E-state index contributed by atoms with van der Waals surface area (Å²) in [6.45, 7) is 5.54. The van der Waals surface area contributed by atoms with E-state index in [1.807, 2.05) is 6.07 Å². The molecule has 0 fully saturated rings. The van der Waals surface area contributed by atoms with E-state index in [1.54, 1.807) is 20.8 Å². The first-order valence-electron chi connectivity index (χ1n) is 3.69. The van der Waals surface area contributed by atoms with Gasteiger partial charge >= 0.3 is 5.97 Å². The Balaban J connectivity index is 3.93. The molecule has 0 aliphatic heterocycles. The summed E-state index contributed by atoms with van der Waals surface area (Å²) in [6, 6.07) is 2.00. The number of rotatable bonds is 3. The Kier molecular flexibility index (Phi) is 4.28. The zero-order chi connectivity index (χ0) is 8.85. The summed E-state index contributed by atoms with van der Waals surface area (Å²) in [5, 5.41) is 8.46. The van der Waals surface area contributed by atoms with Crippen molar-refractivity contribution in [1.82, 2.24) is 0 Å². The lowest BCUT2D eigenvalue weighted by molar-refractivity contribution is -0.148. The number of carbonyl (C=O) groups is 1. The molecule has 0 bridgehead atoms. The number of hydrogen-bond acceptors (Lipinski definition) is 3. The summed E-state index contributed by atoms with van der Waals surface area (Å²) in [6.07, 6.45) is 0. The smallest absolute Gasteiger partial charge is 0.309 e. The number of nitriles is 1. The van der Waals surface area contributed by atoms with Gasteiger partial charge in [0.25, 0.3) is 0 Å². The standard InChI is InChI=1S/C8H13NO2/c1-4-11-8(10)7(3)6(2)5-9/h6-7H,4H2,1-3H3. The van der Waals surface area contributed by atoms with Crippen LogP contribution in [0.3, 0.4) is 0 Å². The van der Waals surface area contributed by atoms with Gasteiger partial charge in [-0.1, -0.05) is 6.92 Å². The van der Waals surface area contributed by atoms with Crippen LogP contribution in [0, 0.1) is 23.2 Å². The van der Waals surface area contributed by atoms with Crippen LogP contribution in [0.25, 0.3) is 0 Å². The maximum atomic E-state index is 11.0. The van der Waals surface area contributed by atoms with Crippen LogP contribution in [-0.4, -0.2) is 12.6 Å². The molecule has 0 spiro atoms. The summed E-state index contributed by atoms with van der Waals surface area (Å²) >= 11 is 0. The van der Waals surface area contributed by atoms with Crippen molar-refractivity contribution in [2.75, 3.05) is 6.61 Å². The predicted octanol–water partition coefficient (Wildman–Crippen LogP) is 1.35. The highest BCUT2D eigenvalue weighted by Crippen LogP contribution is 2.10. The average molecular weight is 155 g/mol. The van der Waals surface area contributed by atoms with Crippen LogP contribution < -0.4 is 0 Å². The molecule has 0 aromatic rings. The van der Waals surface area contributed by atoms with E-state index in [4.69, 9.17) is 10.00 Å². The van der Waals surface area contributed by atoms with Crippen molar-refractivity contribution in [3.05, 3.63) is 0 Å². The number of hydrogen-bond donors (Lipinski definition) is 0. The molecule has 3 nitrogen and oxygen atoms in total. The SMILES string of the molecule is CCOC(=O)C(C)C(C)C#N. The van der Waals surface area contributed by atoms with E-state index < -0.39 is 0 Å². The van der Waals surface area contributed by atoms with E-state index in [0.717, 1.165) is 0 Å². The molecule has 0 saturated carbocycles. The Morgan fingerprint density at radius 3 is 2.55 bits per heavy atom. The van der Waals surface area contributed by atoms with Crippen LogP contribution in [0.1, 0.15) is 20.8 Å². The lowest BCUT2D eigenvalue weighted by atomic mass is 9.98. The summed E-state index contributed by atoms with van der Waals surface area (Å²) in [5.74, 6) is -0.879. The first-order valence-corrected chi connectivity index (χ1v) is 3.69. The Morgan fingerprint density at radius 2 is 2.18 bits per heavy atom. The molecule has 0 saturated heterocycles. The topological polar surface area (TPSA) is 50.1 Å². The highest BCUT2D eigenvalue weighted by Gasteiger charge is 2.20. The molecule has 0 N–H and O–H groups in total. The molecule has 0 heterocycles. The molecule has 0 radical (unpaired) electrons. The minimum Gasteiger partial charge on any atom is -0.466 e. The third-order valence-electron chi connectivity index (χ3n) is 1.61. The van der Waals surface area contributed by atoms with Crippen LogP contribution >= 0.6 is 0 Å². The Bertz CT molecular complexity index is 171.